The van der Waals surface area contributed by atoms with Crippen molar-refractivity contribution >= 4 is 17.5 Å². The first-order valence-corrected chi connectivity index (χ1v) is 8.00. The van der Waals surface area contributed by atoms with Gasteiger partial charge < -0.3 is 10.2 Å². The van der Waals surface area contributed by atoms with E-state index in [1.165, 1.54) is 18.6 Å². The first kappa shape index (κ1) is 15.0. The number of nitrogens with zero attached hydrogens (tertiary/aromatic N) is 1. The molecule has 0 radical (unpaired) electrons. The largest absolute Gasteiger partial charge is 0.339 e. The van der Waals surface area contributed by atoms with Gasteiger partial charge in [0, 0.05) is 19.0 Å². The average Bonchev–Trinajstić information content (AvgIpc) is 2.92. The first-order chi connectivity index (χ1) is 10.6. The maximum atomic E-state index is 13.6. The van der Waals surface area contributed by atoms with Gasteiger partial charge in [0.1, 0.15) is 5.82 Å². The Kier molecular flexibility index (Phi) is 4.41. The normalized spacial score (nSPS) is 22.9. The zero-order valence-corrected chi connectivity index (χ0v) is 12.6. The van der Waals surface area contributed by atoms with Crippen LogP contribution in [0.2, 0.25) is 0 Å². The molecular formula is C17H21FN2O2. The van der Waals surface area contributed by atoms with Crippen molar-refractivity contribution in [3.05, 3.63) is 30.1 Å². The number of likely N-dealkylation sites (tertiary alicyclic amines) is 1. The van der Waals surface area contributed by atoms with Crippen molar-refractivity contribution in [1.29, 1.82) is 0 Å². The molecule has 1 saturated heterocycles. The lowest BCUT2D eigenvalue weighted by molar-refractivity contribution is -0.130. The van der Waals surface area contributed by atoms with Crippen molar-refractivity contribution in [3.63, 3.8) is 0 Å². The van der Waals surface area contributed by atoms with Crippen molar-refractivity contribution in [2.75, 3.05) is 11.9 Å². The summed E-state index contributed by atoms with van der Waals surface area (Å²) in [7, 11) is 0. The predicted molar refractivity (Wildman–Crippen MR) is 81.7 cm³/mol. The molecule has 0 unspecified atom stereocenters. The summed E-state index contributed by atoms with van der Waals surface area (Å²) in [6.07, 6.45) is 5.84. The van der Waals surface area contributed by atoms with Gasteiger partial charge in [0.05, 0.1) is 11.6 Å². The number of carbonyl (C=O) groups is 2. The zero-order valence-electron chi connectivity index (χ0n) is 12.6. The van der Waals surface area contributed by atoms with Crippen LogP contribution in [0.4, 0.5) is 10.1 Å². The third-order valence-electron chi connectivity index (χ3n) is 4.68. The molecule has 1 aliphatic carbocycles. The van der Waals surface area contributed by atoms with Crippen LogP contribution in [0.25, 0.3) is 0 Å². The molecule has 3 rings (SSSR count). The third-order valence-corrected chi connectivity index (χ3v) is 4.68. The second-order valence-corrected chi connectivity index (χ2v) is 6.21. The van der Waals surface area contributed by atoms with Gasteiger partial charge in [-0.25, -0.2) is 4.39 Å². The van der Waals surface area contributed by atoms with E-state index >= 15 is 0 Å². The Morgan fingerprint density at radius 2 is 1.91 bits per heavy atom. The van der Waals surface area contributed by atoms with Gasteiger partial charge in [0.15, 0.2) is 0 Å². The summed E-state index contributed by atoms with van der Waals surface area (Å²) in [6, 6.07) is 6.38. The van der Waals surface area contributed by atoms with Crippen LogP contribution < -0.4 is 5.32 Å². The van der Waals surface area contributed by atoms with E-state index in [1.54, 1.807) is 12.1 Å². The van der Waals surface area contributed by atoms with E-state index in [2.05, 4.69) is 5.32 Å². The number of carbonyl (C=O) groups excluding carboxylic acids is 2. The molecule has 1 aromatic rings. The molecular weight excluding hydrogens is 283 g/mol. The number of amides is 2. The number of halogens is 1. The maximum Gasteiger partial charge on any atom is 0.229 e. The van der Waals surface area contributed by atoms with Gasteiger partial charge in [-0.15, -0.1) is 0 Å². The molecule has 0 aromatic heterocycles. The van der Waals surface area contributed by atoms with Crippen LogP contribution >= 0.6 is 0 Å². The van der Waals surface area contributed by atoms with E-state index in [9.17, 15) is 14.0 Å². The summed E-state index contributed by atoms with van der Waals surface area (Å²) < 4.78 is 13.6. The number of hydrogen-bond donors (Lipinski definition) is 1. The fourth-order valence-corrected chi connectivity index (χ4v) is 3.45. The predicted octanol–water partition coefficient (Wildman–Crippen LogP) is 2.95. The zero-order chi connectivity index (χ0) is 15.5. The van der Waals surface area contributed by atoms with Gasteiger partial charge in [0.2, 0.25) is 11.8 Å². The standard InChI is InChI=1S/C17H21FN2O2/c18-14-8-4-5-9-15(14)19-17(22)12-10-16(21)20(11-12)13-6-2-1-3-7-13/h4-5,8-9,12-13H,1-3,6-7,10-11H2,(H,19,22)/t12-/m0/s1. The lowest BCUT2D eigenvalue weighted by atomic mass is 9.94. The van der Waals surface area contributed by atoms with Gasteiger partial charge in [0.25, 0.3) is 0 Å². The number of rotatable bonds is 3. The molecule has 1 saturated carbocycles. The molecule has 5 heteroatoms. The lowest BCUT2D eigenvalue weighted by Crippen LogP contribution is -2.38. The summed E-state index contributed by atoms with van der Waals surface area (Å²) in [5.74, 6) is -1.05. The highest BCUT2D eigenvalue weighted by Gasteiger charge is 2.38. The molecule has 4 nitrogen and oxygen atoms in total. The van der Waals surface area contributed by atoms with Gasteiger partial charge in [-0.3, -0.25) is 9.59 Å². The van der Waals surface area contributed by atoms with Crippen molar-refractivity contribution in [3.8, 4) is 0 Å². The molecule has 0 spiro atoms. The molecule has 1 heterocycles. The van der Waals surface area contributed by atoms with E-state index in [0.29, 0.717) is 6.54 Å². The highest BCUT2D eigenvalue weighted by molar-refractivity contribution is 5.97. The van der Waals surface area contributed by atoms with E-state index in [0.717, 1.165) is 25.7 Å². The molecule has 1 atom stereocenters. The molecule has 2 fully saturated rings. The van der Waals surface area contributed by atoms with Crippen LogP contribution in [0.1, 0.15) is 38.5 Å². The molecule has 118 valence electrons. The summed E-state index contributed by atoms with van der Waals surface area (Å²) in [5.41, 5.74) is 0.177. The quantitative estimate of drug-likeness (QED) is 0.933. The minimum atomic E-state index is -0.454. The van der Waals surface area contributed by atoms with Crippen LogP contribution in [0.3, 0.4) is 0 Å². The fraction of sp³-hybridized carbons (Fsp3) is 0.529. The second-order valence-electron chi connectivity index (χ2n) is 6.21. The minimum Gasteiger partial charge on any atom is -0.339 e. The van der Waals surface area contributed by atoms with Gasteiger partial charge in [-0.2, -0.15) is 0 Å². The van der Waals surface area contributed by atoms with E-state index < -0.39 is 5.82 Å². The highest BCUT2D eigenvalue weighted by Crippen LogP contribution is 2.29. The van der Waals surface area contributed by atoms with E-state index in [1.807, 2.05) is 4.90 Å². The summed E-state index contributed by atoms with van der Waals surface area (Å²) in [4.78, 5) is 26.3. The number of anilines is 1. The number of hydrogen-bond acceptors (Lipinski definition) is 2. The summed E-state index contributed by atoms with van der Waals surface area (Å²) in [6.45, 7) is 0.462. The van der Waals surface area contributed by atoms with Crippen LogP contribution in [-0.4, -0.2) is 29.3 Å². The Morgan fingerprint density at radius 1 is 1.18 bits per heavy atom. The van der Waals surface area contributed by atoms with Crippen molar-refractivity contribution in [1.82, 2.24) is 4.90 Å². The highest BCUT2D eigenvalue weighted by atomic mass is 19.1. The van der Waals surface area contributed by atoms with E-state index in [-0.39, 0.29) is 35.9 Å². The van der Waals surface area contributed by atoms with Gasteiger partial charge in [-0.05, 0) is 25.0 Å². The molecule has 1 aromatic carbocycles. The number of para-hydroxylation sites is 1. The molecule has 0 bridgehead atoms. The van der Waals surface area contributed by atoms with Crippen molar-refractivity contribution in [2.45, 2.75) is 44.6 Å². The molecule has 2 amide bonds. The van der Waals surface area contributed by atoms with E-state index in [4.69, 9.17) is 0 Å². The molecule has 22 heavy (non-hydrogen) atoms. The van der Waals surface area contributed by atoms with Gasteiger partial charge >= 0.3 is 0 Å². The minimum absolute atomic E-state index is 0.0561. The third kappa shape index (κ3) is 3.13. The Hall–Kier alpha value is -1.91. The Labute approximate surface area is 129 Å². The Bertz CT molecular complexity index is 570. The Balaban J connectivity index is 1.62. The topological polar surface area (TPSA) is 49.4 Å². The number of benzene rings is 1. The van der Waals surface area contributed by atoms with Crippen LogP contribution in [0.5, 0.6) is 0 Å². The molecule has 1 N–H and O–H groups in total. The van der Waals surface area contributed by atoms with Gasteiger partial charge in [-0.1, -0.05) is 31.4 Å². The monoisotopic (exact) mass is 304 g/mol. The summed E-state index contributed by atoms with van der Waals surface area (Å²) >= 11 is 0. The molecule has 2 aliphatic rings. The first-order valence-electron chi connectivity index (χ1n) is 8.00. The number of nitrogens with one attached hydrogen (secondary N) is 1. The van der Waals surface area contributed by atoms with Crippen LogP contribution in [0, 0.1) is 11.7 Å². The Morgan fingerprint density at radius 3 is 2.64 bits per heavy atom. The smallest absolute Gasteiger partial charge is 0.229 e. The van der Waals surface area contributed by atoms with Crippen LogP contribution in [0.15, 0.2) is 24.3 Å². The maximum absolute atomic E-state index is 13.6. The lowest BCUT2D eigenvalue weighted by Gasteiger charge is -2.31. The summed E-state index contributed by atoms with van der Waals surface area (Å²) in [5, 5.41) is 2.60. The SMILES string of the molecule is O=C(Nc1ccccc1F)[C@H]1CC(=O)N(C2CCCCC2)C1. The average molecular weight is 304 g/mol. The fourth-order valence-electron chi connectivity index (χ4n) is 3.45. The van der Waals surface area contributed by atoms with Crippen molar-refractivity contribution in [2.24, 2.45) is 5.92 Å². The molecule has 1 aliphatic heterocycles. The second kappa shape index (κ2) is 6.46. The van der Waals surface area contributed by atoms with Crippen molar-refractivity contribution < 1.29 is 14.0 Å². The van der Waals surface area contributed by atoms with Crippen LogP contribution in [-0.2, 0) is 9.59 Å².